The third kappa shape index (κ3) is 4.73. The molecule has 9 heteroatoms. The molecule has 182 valence electrons. The van der Waals surface area contributed by atoms with Gasteiger partial charge in [0.15, 0.2) is 0 Å². The molecule has 0 bridgehead atoms. The highest BCUT2D eigenvalue weighted by Gasteiger charge is 2.32. The summed E-state index contributed by atoms with van der Waals surface area (Å²) in [5, 5.41) is 4.13. The summed E-state index contributed by atoms with van der Waals surface area (Å²) in [6.07, 6.45) is 0. The van der Waals surface area contributed by atoms with Crippen LogP contribution < -0.4 is 4.74 Å². The summed E-state index contributed by atoms with van der Waals surface area (Å²) < 4.78 is 39.7. The summed E-state index contributed by atoms with van der Waals surface area (Å²) in [5.74, 6) is 1.70. The highest BCUT2D eigenvalue weighted by Crippen LogP contribution is 2.30. The minimum atomic E-state index is -3.57. The van der Waals surface area contributed by atoms with Gasteiger partial charge in [0.1, 0.15) is 5.75 Å². The Labute approximate surface area is 201 Å². The van der Waals surface area contributed by atoms with Crippen molar-refractivity contribution in [3.05, 3.63) is 58.5 Å². The second-order valence-corrected chi connectivity index (χ2v) is 10.6. The van der Waals surface area contributed by atoms with Crippen LogP contribution in [-0.4, -0.2) is 60.5 Å². The number of aromatic nitrogens is 2. The Kier molecular flexibility index (Phi) is 7.06. The van der Waals surface area contributed by atoms with Crippen molar-refractivity contribution < 1.29 is 17.7 Å². The minimum Gasteiger partial charge on any atom is -0.493 e. The topological polar surface area (TPSA) is 88.8 Å². The molecule has 8 nitrogen and oxygen atoms in total. The van der Waals surface area contributed by atoms with E-state index >= 15 is 0 Å². The average molecular weight is 485 g/mol. The lowest BCUT2D eigenvalue weighted by Crippen LogP contribution is -2.48. The zero-order valence-electron chi connectivity index (χ0n) is 20.5. The van der Waals surface area contributed by atoms with Gasteiger partial charge in [0.2, 0.25) is 21.7 Å². The molecular formula is C25H32N4O4S. The van der Waals surface area contributed by atoms with Gasteiger partial charge in [-0.1, -0.05) is 23.4 Å². The first-order valence-electron chi connectivity index (χ1n) is 11.6. The summed E-state index contributed by atoms with van der Waals surface area (Å²) in [7, 11) is -3.57. The van der Waals surface area contributed by atoms with E-state index in [4.69, 9.17) is 9.26 Å². The van der Waals surface area contributed by atoms with Crippen LogP contribution in [0.1, 0.15) is 35.1 Å². The Morgan fingerprint density at radius 1 is 1.00 bits per heavy atom. The van der Waals surface area contributed by atoms with E-state index < -0.39 is 10.0 Å². The predicted octanol–water partition coefficient (Wildman–Crippen LogP) is 3.88. The molecule has 2 heterocycles. The van der Waals surface area contributed by atoms with Gasteiger partial charge in [0.25, 0.3) is 0 Å². The van der Waals surface area contributed by atoms with Crippen molar-refractivity contribution >= 4 is 10.0 Å². The number of piperazine rings is 1. The van der Waals surface area contributed by atoms with Gasteiger partial charge in [0.05, 0.1) is 23.6 Å². The highest BCUT2D eigenvalue weighted by atomic mass is 32.2. The van der Waals surface area contributed by atoms with E-state index in [1.807, 2.05) is 65.0 Å². The Morgan fingerprint density at radius 2 is 1.65 bits per heavy atom. The molecule has 1 saturated heterocycles. The van der Waals surface area contributed by atoms with Crippen LogP contribution in [0.15, 0.2) is 39.8 Å². The van der Waals surface area contributed by atoms with E-state index in [1.54, 1.807) is 4.31 Å². The van der Waals surface area contributed by atoms with Crippen molar-refractivity contribution in [1.82, 2.24) is 19.3 Å². The van der Waals surface area contributed by atoms with Crippen LogP contribution in [0.3, 0.4) is 0 Å². The third-order valence-electron chi connectivity index (χ3n) is 6.48. The van der Waals surface area contributed by atoms with Crippen molar-refractivity contribution in [2.24, 2.45) is 0 Å². The number of sulfonamides is 1. The average Bonchev–Trinajstić information content (AvgIpc) is 3.27. The van der Waals surface area contributed by atoms with Gasteiger partial charge in [-0.15, -0.1) is 0 Å². The van der Waals surface area contributed by atoms with Gasteiger partial charge in [-0.2, -0.15) is 9.29 Å². The number of nitrogens with zero attached hydrogens (tertiary/aromatic N) is 4. The number of hydrogen-bond acceptors (Lipinski definition) is 7. The number of benzene rings is 2. The number of rotatable bonds is 7. The van der Waals surface area contributed by atoms with Crippen molar-refractivity contribution in [2.45, 2.75) is 46.1 Å². The van der Waals surface area contributed by atoms with E-state index in [0.717, 1.165) is 27.8 Å². The maximum absolute atomic E-state index is 13.5. The van der Waals surface area contributed by atoms with Crippen molar-refractivity contribution in [3.63, 3.8) is 0 Å². The Morgan fingerprint density at radius 3 is 2.29 bits per heavy atom. The summed E-state index contributed by atoms with van der Waals surface area (Å²) in [6, 6.07) is 9.65. The summed E-state index contributed by atoms with van der Waals surface area (Å²) in [5.41, 5.74) is 4.44. The minimum absolute atomic E-state index is 0.419. The standard InChI is InChI=1S/C25H32N4O4S/c1-6-32-22-10-8-7-9-21(22)25-26-23(33-27-25)16-28-11-13-29(14-12-28)34(30,31)24-19(4)17(2)15-18(3)20(24)5/h7-10,15H,6,11-14,16H2,1-5H3. The van der Waals surface area contributed by atoms with E-state index in [2.05, 4.69) is 15.0 Å². The van der Waals surface area contributed by atoms with Crippen LogP contribution in [0.25, 0.3) is 11.4 Å². The maximum atomic E-state index is 13.5. The summed E-state index contributed by atoms with van der Waals surface area (Å²) in [4.78, 5) is 7.13. The van der Waals surface area contributed by atoms with Gasteiger partial charge in [-0.25, -0.2) is 8.42 Å². The Balaban J connectivity index is 1.44. The molecule has 1 aromatic heterocycles. The third-order valence-corrected chi connectivity index (χ3v) is 8.65. The molecule has 3 aromatic rings. The maximum Gasteiger partial charge on any atom is 0.243 e. The fraction of sp³-hybridized carbons (Fsp3) is 0.440. The van der Waals surface area contributed by atoms with E-state index in [9.17, 15) is 8.42 Å². The molecule has 0 N–H and O–H groups in total. The fourth-order valence-electron chi connectivity index (χ4n) is 4.38. The van der Waals surface area contributed by atoms with Crippen LogP contribution in [0, 0.1) is 27.7 Å². The molecule has 0 spiro atoms. The molecule has 0 unspecified atom stereocenters. The van der Waals surface area contributed by atoms with Gasteiger partial charge in [0, 0.05) is 26.2 Å². The number of hydrogen-bond donors (Lipinski definition) is 0. The molecule has 0 radical (unpaired) electrons. The van der Waals surface area contributed by atoms with Crippen molar-refractivity contribution in [3.8, 4) is 17.1 Å². The first kappa shape index (κ1) is 24.4. The lowest BCUT2D eigenvalue weighted by atomic mass is 10.0. The quantitative estimate of drug-likeness (QED) is 0.503. The van der Waals surface area contributed by atoms with Crippen LogP contribution in [0.4, 0.5) is 0 Å². The molecule has 1 aliphatic rings. The molecule has 34 heavy (non-hydrogen) atoms. The molecule has 2 aromatic carbocycles. The van der Waals surface area contributed by atoms with E-state index in [0.29, 0.717) is 61.7 Å². The van der Waals surface area contributed by atoms with Crippen molar-refractivity contribution in [2.75, 3.05) is 32.8 Å². The molecule has 1 fully saturated rings. The lowest BCUT2D eigenvalue weighted by Gasteiger charge is -2.34. The van der Waals surface area contributed by atoms with Gasteiger partial charge >= 0.3 is 0 Å². The number of para-hydroxylation sites is 1. The van der Waals surface area contributed by atoms with Gasteiger partial charge in [-0.05, 0) is 69.0 Å². The largest absolute Gasteiger partial charge is 0.493 e. The highest BCUT2D eigenvalue weighted by molar-refractivity contribution is 7.89. The van der Waals surface area contributed by atoms with E-state index in [1.165, 1.54) is 0 Å². The Bertz CT molecular complexity index is 1250. The van der Waals surface area contributed by atoms with Crippen LogP contribution in [0.5, 0.6) is 5.75 Å². The zero-order chi connectivity index (χ0) is 24.5. The van der Waals surface area contributed by atoms with Crippen LogP contribution >= 0.6 is 0 Å². The van der Waals surface area contributed by atoms with Gasteiger partial charge < -0.3 is 9.26 Å². The monoisotopic (exact) mass is 484 g/mol. The molecule has 0 atom stereocenters. The van der Waals surface area contributed by atoms with E-state index in [-0.39, 0.29) is 0 Å². The SMILES string of the molecule is CCOc1ccccc1-c1noc(CN2CCN(S(=O)(=O)c3c(C)c(C)cc(C)c3C)CC2)n1. The smallest absolute Gasteiger partial charge is 0.243 e. The molecule has 0 amide bonds. The fourth-order valence-corrected chi connectivity index (χ4v) is 6.38. The second kappa shape index (κ2) is 9.85. The van der Waals surface area contributed by atoms with Crippen molar-refractivity contribution in [1.29, 1.82) is 0 Å². The molecular weight excluding hydrogens is 452 g/mol. The first-order valence-corrected chi connectivity index (χ1v) is 13.0. The lowest BCUT2D eigenvalue weighted by molar-refractivity contribution is 0.163. The molecule has 4 rings (SSSR count). The Hall–Kier alpha value is -2.75. The summed E-state index contributed by atoms with van der Waals surface area (Å²) >= 11 is 0. The zero-order valence-corrected chi connectivity index (χ0v) is 21.3. The van der Waals surface area contributed by atoms with Crippen LogP contribution in [0.2, 0.25) is 0 Å². The normalized spacial score (nSPS) is 15.6. The number of aryl methyl sites for hydroxylation is 2. The molecule has 1 aliphatic heterocycles. The predicted molar refractivity (Wildman–Crippen MR) is 130 cm³/mol. The molecule has 0 saturated carbocycles. The first-order chi connectivity index (χ1) is 16.2. The summed E-state index contributed by atoms with van der Waals surface area (Å²) in [6.45, 7) is 12.7. The second-order valence-electron chi connectivity index (χ2n) is 8.71. The van der Waals surface area contributed by atoms with Gasteiger partial charge in [-0.3, -0.25) is 4.90 Å². The number of ether oxygens (including phenoxy) is 1. The molecule has 0 aliphatic carbocycles. The van der Waals surface area contributed by atoms with Crippen LogP contribution in [-0.2, 0) is 16.6 Å².